The standard InChI is InChI=1S/C60H98O6/c1-4-7-10-13-16-19-22-25-27-29-30-32-33-35-38-41-44-47-50-53-59(62)65-56-57(55-64-58(61)52-49-46-43-40-37-24-21-18-15-12-9-6-3)66-60(63)54-51-48-45-42-39-36-34-31-28-26-23-20-17-14-11-8-5-2/h8-9,11-12,16-22,25-26,28,34,36,42,45,57H,4-7,10,13-15,23-24,27,29-33,35,37-41,43-44,46-56H2,1-3H3/b11-8-,12-9-,19-16-,20-17-,21-18-,25-22-,28-26-,36-34-,45-42-. The lowest BCUT2D eigenvalue weighted by Crippen LogP contribution is -2.30. The molecule has 374 valence electrons. The summed E-state index contributed by atoms with van der Waals surface area (Å²) in [6.07, 6.45) is 72.2. The first-order valence-electron chi connectivity index (χ1n) is 26.9. The fraction of sp³-hybridized carbons (Fsp3) is 0.650. The molecule has 0 rings (SSSR count). The molecule has 66 heavy (non-hydrogen) atoms. The Labute approximate surface area is 406 Å². The molecular formula is C60H98O6. The zero-order valence-corrected chi connectivity index (χ0v) is 42.7. The van der Waals surface area contributed by atoms with Crippen molar-refractivity contribution >= 4 is 17.9 Å². The number of carbonyl (C=O) groups excluding carboxylic acids is 3. The maximum absolute atomic E-state index is 12.8. The van der Waals surface area contributed by atoms with Gasteiger partial charge < -0.3 is 14.2 Å². The van der Waals surface area contributed by atoms with Crippen LogP contribution in [0.1, 0.15) is 233 Å². The van der Waals surface area contributed by atoms with Gasteiger partial charge in [0, 0.05) is 19.3 Å². The molecule has 0 spiro atoms. The number of esters is 3. The summed E-state index contributed by atoms with van der Waals surface area (Å²) in [7, 11) is 0. The second-order valence-electron chi connectivity index (χ2n) is 17.4. The highest BCUT2D eigenvalue weighted by atomic mass is 16.6. The van der Waals surface area contributed by atoms with Crippen molar-refractivity contribution in [1.29, 1.82) is 0 Å². The quantitative estimate of drug-likeness (QED) is 0.0199. The molecule has 1 unspecified atom stereocenters. The van der Waals surface area contributed by atoms with E-state index in [9.17, 15) is 14.4 Å². The first-order valence-corrected chi connectivity index (χ1v) is 26.9. The van der Waals surface area contributed by atoms with Crippen molar-refractivity contribution in [3.8, 4) is 0 Å². The number of allylic oxidation sites excluding steroid dienone is 18. The first-order chi connectivity index (χ1) is 32.5. The summed E-state index contributed by atoms with van der Waals surface area (Å²) in [4.78, 5) is 38.0. The zero-order valence-electron chi connectivity index (χ0n) is 42.7. The Morgan fingerprint density at radius 3 is 1.06 bits per heavy atom. The topological polar surface area (TPSA) is 78.9 Å². The first kappa shape index (κ1) is 62.1. The van der Waals surface area contributed by atoms with Crippen LogP contribution >= 0.6 is 0 Å². The van der Waals surface area contributed by atoms with Crippen molar-refractivity contribution in [2.75, 3.05) is 13.2 Å². The van der Waals surface area contributed by atoms with Crippen molar-refractivity contribution in [1.82, 2.24) is 0 Å². The van der Waals surface area contributed by atoms with Crippen LogP contribution < -0.4 is 0 Å². The Morgan fingerprint density at radius 1 is 0.333 bits per heavy atom. The lowest BCUT2D eigenvalue weighted by atomic mass is 10.1. The average Bonchev–Trinajstić information content (AvgIpc) is 3.31. The van der Waals surface area contributed by atoms with Gasteiger partial charge in [-0.2, -0.15) is 0 Å². The fourth-order valence-electron chi connectivity index (χ4n) is 7.03. The highest BCUT2D eigenvalue weighted by molar-refractivity contribution is 5.71. The van der Waals surface area contributed by atoms with Gasteiger partial charge in [-0.25, -0.2) is 0 Å². The number of ether oxygens (including phenoxy) is 3. The van der Waals surface area contributed by atoms with Gasteiger partial charge in [0.1, 0.15) is 13.2 Å². The second kappa shape index (κ2) is 53.7. The average molecular weight is 915 g/mol. The van der Waals surface area contributed by atoms with E-state index in [-0.39, 0.29) is 37.5 Å². The van der Waals surface area contributed by atoms with E-state index in [0.29, 0.717) is 19.3 Å². The van der Waals surface area contributed by atoms with Crippen molar-refractivity contribution in [2.45, 2.75) is 239 Å². The van der Waals surface area contributed by atoms with E-state index in [1.807, 2.05) is 0 Å². The SMILES string of the molecule is CC/C=C\C/C=C\C/C=C\C/C=C\C/C=C\CCCC(=O)OC(COC(=O)CCCCCCC/C=C\C/C=C\CC)COC(=O)CCCCCCCCCCCC/C=C\C=C/CCCCC. The van der Waals surface area contributed by atoms with Crippen LogP contribution in [0, 0.1) is 0 Å². The van der Waals surface area contributed by atoms with Crippen molar-refractivity contribution < 1.29 is 28.6 Å². The lowest BCUT2D eigenvalue weighted by Gasteiger charge is -2.18. The van der Waals surface area contributed by atoms with E-state index in [1.54, 1.807) is 0 Å². The molecule has 0 aromatic heterocycles. The summed E-state index contributed by atoms with van der Waals surface area (Å²) in [6, 6.07) is 0. The summed E-state index contributed by atoms with van der Waals surface area (Å²) in [5, 5.41) is 0. The molecule has 6 nitrogen and oxygen atoms in total. The molecule has 0 aliphatic carbocycles. The molecule has 0 aromatic carbocycles. The highest BCUT2D eigenvalue weighted by Gasteiger charge is 2.19. The minimum atomic E-state index is -0.816. The third-order valence-corrected chi connectivity index (χ3v) is 11.0. The van der Waals surface area contributed by atoms with E-state index in [1.165, 1.54) is 77.0 Å². The van der Waals surface area contributed by atoms with Crippen LogP contribution in [0.15, 0.2) is 109 Å². The molecule has 0 aliphatic heterocycles. The predicted molar refractivity (Wildman–Crippen MR) is 283 cm³/mol. The van der Waals surface area contributed by atoms with Gasteiger partial charge >= 0.3 is 17.9 Å². The number of carbonyl (C=O) groups is 3. The van der Waals surface area contributed by atoms with Crippen LogP contribution in [-0.2, 0) is 28.6 Å². The van der Waals surface area contributed by atoms with Crippen LogP contribution in [0.5, 0.6) is 0 Å². The van der Waals surface area contributed by atoms with Crippen LogP contribution in [0.25, 0.3) is 0 Å². The van der Waals surface area contributed by atoms with Gasteiger partial charge in [0.25, 0.3) is 0 Å². The summed E-state index contributed by atoms with van der Waals surface area (Å²) < 4.78 is 16.8. The van der Waals surface area contributed by atoms with Gasteiger partial charge in [0.15, 0.2) is 6.10 Å². The van der Waals surface area contributed by atoms with E-state index in [2.05, 4.69) is 130 Å². The Morgan fingerprint density at radius 2 is 0.652 bits per heavy atom. The van der Waals surface area contributed by atoms with E-state index in [0.717, 1.165) is 109 Å². The molecular weight excluding hydrogens is 817 g/mol. The zero-order chi connectivity index (χ0) is 47.9. The molecule has 0 aliphatic rings. The molecule has 0 saturated heterocycles. The third-order valence-electron chi connectivity index (χ3n) is 11.0. The molecule has 0 amide bonds. The van der Waals surface area contributed by atoms with Crippen LogP contribution in [0.2, 0.25) is 0 Å². The van der Waals surface area contributed by atoms with Gasteiger partial charge in [-0.3, -0.25) is 14.4 Å². The molecule has 0 fully saturated rings. The van der Waals surface area contributed by atoms with Crippen molar-refractivity contribution in [3.05, 3.63) is 109 Å². The molecule has 0 bridgehead atoms. The Balaban J connectivity index is 4.47. The van der Waals surface area contributed by atoms with E-state index >= 15 is 0 Å². The monoisotopic (exact) mass is 915 g/mol. The number of unbranched alkanes of at least 4 members (excludes halogenated alkanes) is 19. The van der Waals surface area contributed by atoms with Crippen LogP contribution in [0.4, 0.5) is 0 Å². The van der Waals surface area contributed by atoms with Gasteiger partial charge in [-0.1, -0.05) is 214 Å². The summed E-state index contributed by atoms with van der Waals surface area (Å²) in [5.74, 6) is -0.990. The molecule has 6 heteroatoms. The van der Waals surface area contributed by atoms with E-state index in [4.69, 9.17) is 14.2 Å². The Bertz CT molecular complexity index is 1370. The normalized spacial score (nSPS) is 13.0. The second-order valence-corrected chi connectivity index (χ2v) is 17.4. The third kappa shape index (κ3) is 51.1. The molecule has 0 aromatic rings. The van der Waals surface area contributed by atoms with Gasteiger partial charge in [-0.05, 0) is 109 Å². The molecule has 0 radical (unpaired) electrons. The Hall–Kier alpha value is -3.93. The number of hydrogen-bond donors (Lipinski definition) is 0. The van der Waals surface area contributed by atoms with Gasteiger partial charge in [0.05, 0.1) is 0 Å². The highest BCUT2D eigenvalue weighted by Crippen LogP contribution is 2.14. The molecule has 0 heterocycles. The van der Waals surface area contributed by atoms with Crippen molar-refractivity contribution in [3.63, 3.8) is 0 Å². The van der Waals surface area contributed by atoms with Crippen LogP contribution in [-0.4, -0.2) is 37.2 Å². The van der Waals surface area contributed by atoms with E-state index < -0.39 is 6.10 Å². The largest absolute Gasteiger partial charge is 0.462 e. The summed E-state index contributed by atoms with van der Waals surface area (Å²) in [6.45, 7) is 6.32. The Kier molecular flexibility index (Phi) is 50.5. The van der Waals surface area contributed by atoms with Crippen molar-refractivity contribution in [2.24, 2.45) is 0 Å². The molecule has 1 atom stereocenters. The minimum absolute atomic E-state index is 0.109. The smallest absolute Gasteiger partial charge is 0.306 e. The number of rotatable bonds is 47. The summed E-state index contributed by atoms with van der Waals surface area (Å²) in [5.41, 5.74) is 0. The van der Waals surface area contributed by atoms with Crippen LogP contribution in [0.3, 0.4) is 0 Å². The predicted octanol–water partition coefficient (Wildman–Crippen LogP) is 17.9. The van der Waals surface area contributed by atoms with Gasteiger partial charge in [-0.15, -0.1) is 0 Å². The minimum Gasteiger partial charge on any atom is -0.462 e. The lowest BCUT2D eigenvalue weighted by molar-refractivity contribution is -0.167. The summed E-state index contributed by atoms with van der Waals surface area (Å²) >= 11 is 0. The fourth-order valence-corrected chi connectivity index (χ4v) is 7.03. The molecule has 0 saturated carbocycles. The maximum Gasteiger partial charge on any atom is 0.306 e. The van der Waals surface area contributed by atoms with Gasteiger partial charge in [0.2, 0.25) is 0 Å². The molecule has 0 N–H and O–H groups in total. The number of hydrogen-bond acceptors (Lipinski definition) is 6. The maximum atomic E-state index is 12.8.